The number of hydrogen-bond acceptors (Lipinski definition) is 3. The summed E-state index contributed by atoms with van der Waals surface area (Å²) in [6, 6.07) is 4.65. The normalized spacial score (nSPS) is 32.8. The number of aromatic amines is 1. The van der Waals surface area contributed by atoms with Crippen molar-refractivity contribution < 1.29 is 13.2 Å². The molecule has 0 saturated heterocycles. The van der Waals surface area contributed by atoms with Crippen LogP contribution in [-0.2, 0) is 6.18 Å². The molecule has 1 atom stereocenters. The first kappa shape index (κ1) is 20.2. The van der Waals surface area contributed by atoms with Gasteiger partial charge in [0.1, 0.15) is 5.82 Å². The third kappa shape index (κ3) is 3.24. The Bertz CT molecular complexity index is 1130. The number of nitrogens with one attached hydrogen (secondary N) is 2. The molecule has 0 amide bonds. The van der Waals surface area contributed by atoms with Gasteiger partial charge < -0.3 is 4.98 Å². The van der Waals surface area contributed by atoms with Crippen molar-refractivity contribution in [3.05, 3.63) is 57.0 Å². The number of alkyl halides is 3. The molecule has 1 heterocycles. The highest BCUT2D eigenvalue weighted by Gasteiger charge is 2.52. The van der Waals surface area contributed by atoms with Crippen molar-refractivity contribution in [2.45, 2.75) is 63.2 Å². The van der Waals surface area contributed by atoms with Crippen molar-refractivity contribution in [1.29, 1.82) is 0 Å². The van der Waals surface area contributed by atoms with Gasteiger partial charge >= 0.3 is 6.18 Å². The van der Waals surface area contributed by atoms with E-state index < -0.39 is 11.7 Å². The molecule has 4 fully saturated rings. The Morgan fingerprint density at radius 3 is 2.19 bits per heavy atom. The van der Waals surface area contributed by atoms with Gasteiger partial charge in [-0.3, -0.25) is 10.1 Å². The summed E-state index contributed by atoms with van der Waals surface area (Å²) in [5.74, 6) is 2.71. The van der Waals surface area contributed by atoms with Gasteiger partial charge in [0, 0.05) is 11.1 Å². The van der Waals surface area contributed by atoms with Crippen molar-refractivity contribution >= 4 is 6.08 Å². The number of hydrogen-bond donors (Lipinski definition) is 2. The van der Waals surface area contributed by atoms with E-state index in [1.807, 2.05) is 13.0 Å². The summed E-state index contributed by atoms with van der Waals surface area (Å²) >= 11 is 0. The zero-order valence-corrected chi connectivity index (χ0v) is 17.9. The van der Waals surface area contributed by atoms with E-state index >= 15 is 0 Å². The first-order valence-electron chi connectivity index (χ1n) is 11.5. The van der Waals surface area contributed by atoms with Crippen LogP contribution < -0.4 is 10.9 Å². The molecule has 32 heavy (non-hydrogen) atoms. The van der Waals surface area contributed by atoms with Crippen LogP contribution in [0.15, 0.2) is 34.6 Å². The number of rotatable bonds is 3. The second-order valence-electron chi connectivity index (χ2n) is 10.5. The van der Waals surface area contributed by atoms with E-state index in [0.717, 1.165) is 35.5 Å². The fourth-order valence-corrected chi connectivity index (χ4v) is 7.12. The number of nitrogens with zero attached hydrogens (tertiary/aromatic N) is 1. The molecule has 0 aliphatic heterocycles. The van der Waals surface area contributed by atoms with Gasteiger partial charge in [-0.15, -0.1) is 0 Å². The van der Waals surface area contributed by atoms with Gasteiger partial charge in [-0.25, -0.2) is 4.98 Å². The third-order valence-corrected chi connectivity index (χ3v) is 8.06. The first-order chi connectivity index (χ1) is 15.2. The first-order valence-corrected chi connectivity index (χ1v) is 11.5. The molecule has 1 aromatic carbocycles. The molecule has 7 rings (SSSR count). The maximum absolute atomic E-state index is 12.9. The Kier molecular flexibility index (Phi) is 4.29. The highest BCUT2D eigenvalue weighted by molar-refractivity contribution is 5.66. The molecule has 1 aromatic heterocycles. The summed E-state index contributed by atoms with van der Waals surface area (Å²) in [4.78, 5) is 20.4. The molecule has 4 saturated carbocycles. The molecule has 5 aliphatic rings. The molecule has 1 unspecified atom stereocenters. The molecular weight excluding hydrogens is 415 g/mol. The zero-order valence-electron chi connectivity index (χ0n) is 17.9. The molecule has 168 valence electrons. The topological polar surface area (TPSA) is 57.8 Å². The zero-order chi connectivity index (χ0) is 22.3. The Morgan fingerprint density at radius 2 is 1.62 bits per heavy atom. The Balaban J connectivity index is 1.34. The van der Waals surface area contributed by atoms with Gasteiger partial charge in [-0.1, -0.05) is 12.1 Å². The number of aromatic nitrogens is 2. The highest BCUT2D eigenvalue weighted by atomic mass is 19.4. The van der Waals surface area contributed by atoms with Crippen molar-refractivity contribution in [3.8, 4) is 11.4 Å². The lowest BCUT2D eigenvalue weighted by molar-refractivity contribution is -0.137. The van der Waals surface area contributed by atoms with E-state index in [0.29, 0.717) is 22.6 Å². The summed E-state index contributed by atoms with van der Waals surface area (Å²) in [6.07, 6.45) is 5.13. The lowest BCUT2D eigenvalue weighted by atomic mass is 9.53. The average molecular weight is 441 g/mol. The monoisotopic (exact) mass is 441 g/mol. The van der Waals surface area contributed by atoms with Crippen LogP contribution in [0.3, 0.4) is 0 Å². The van der Waals surface area contributed by atoms with Crippen LogP contribution in [0.2, 0.25) is 0 Å². The van der Waals surface area contributed by atoms with Gasteiger partial charge in [-0.05, 0) is 87.0 Å². The maximum atomic E-state index is 12.9. The average Bonchev–Trinajstić information content (AvgIpc) is 3.02. The molecule has 2 N–H and O–H groups in total. The van der Waals surface area contributed by atoms with Gasteiger partial charge in [0.15, 0.2) is 0 Å². The third-order valence-electron chi connectivity index (χ3n) is 8.06. The molecule has 0 spiro atoms. The second-order valence-corrected chi connectivity index (χ2v) is 10.5. The SMILES string of the molecule is CC1=Cc2c(nc(-c3ccc(C(F)(F)F)cc3)[nH]c2=O)C1NC12CC3CC(CC(C3)C1)C2. The summed E-state index contributed by atoms with van der Waals surface area (Å²) < 4.78 is 38.8. The van der Waals surface area contributed by atoms with Gasteiger partial charge in [0.2, 0.25) is 0 Å². The van der Waals surface area contributed by atoms with E-state index in [-0.39, 0.29) is 17.1 Å². The molecule has 0 radical (unpaired) electrons. The molecule has 4 bridgehead atoms. The lowest BCUT2D eigenvalue weighted by Crippen LogP contribution is -2.59. The predicted octanol–water partition coefficient (Wildman–Crippen LogP) is 5.47. The summed E-state index contributed by atoms with van der Waals surface area (Å²) in [6.45, 7) is 2.02. The molecule has 5 aliphatic carbocycles. The van der Waals surface area contributed by atoms with E-state index in [2.05, 4.69) is 10.3 Å². The van der Waals surface area contributed by atoms with E-state index in [4.69, 9.17) is 4.98 Å². The van der Waals surface area contributed by atoms with Crippen molar-refractivity contribution in [1.82, 2.24) is 15.3 Å². The molecular formula is C25H26F3N3O. The quantitative estimate of drug-likeness (QED) is 0.664. The van der Waals surface area contributed by atoms with Crippen LogP contribution >= 0.6 is 0 Å². The molecule has 2 aromatic rings. The summed E-state index contributed by atoms with van der Waals surface area (Å²) in [5, 5.41) is 3.93. The van der Waals surface area contributed by atoms with Crippen LogP contribution in [-0.4, -0.2) is 15.5 Å². The maximum Gasteiger partial charge on any atom is 0.416 e. The van der Waals surface area contributed by atoms with Crippen LogP contribution in [0, 0.1) is 17.8 Å². The Morgan fingerprint density at radius 1 is 1.03 bits per heavy atom. The highest BCUT2D eigenvalue weighted by Crippen LogP contribution is 2.56. The van der Waals surface area contributed by atoms with E-state index in [1.54, 1.807) is 0 Å². The predicted molar refractivity (Wildman–Crippen MR) is 116 cm³/mol. The molecule has 4 nitrogen and oxygen atoms in total. The van der Waals surface area contributed by atoms with E-state index in [9.17, 15) is 18.0 Å². The number of fused-ring (bicyclic) bond motifs is 1. The summed E-state index contributed by atoms with van der Waals surface area (Å²) in [5.41, 5.74) is 1.92. The van der Waals surface area contributed by atoms with Crippen molar-refractivity contribution in [3.63, 3.8) is 0 Å². The number of benzene rings is 1. The lowest BCUT2D eigenvalue weighted by Gasteiger charge is -2.58. The number of H-pyrrole nitrogens is 1. The van der Waals surface area contributed by atoms with Gasteiger partial charge in [-0.2, -0.15) is 13.2 Å². The summed E-state index contributed by atoms with van der Waals surface area (Å²) in [7, 11) is 0. The molecule has 7 heteroatoms. The second kappa shape index (κ2) is 6.80. The Hall–Kier alpha value is -2.41. The van der Waals surface area contributed by atoms with Crippen molar-refractivity contribution in [2.24, 2.45) is 17.8 Å². The van der Waals surface area contributed by atoms with Crippen LogP contribution in [0.5, 0.6) is 0 Å². The minimum Gasteiger partial charge on any atom is -0.306 e. The van der Waals surface area contributed by atoms with Gasteiger partial charge in [0.25, 0.3) is 5.56 Å². The van der Waals surface area contributed by atoms with Crippen LogP contribution in [0.25, 0.3) is 17.5 Å². The Labute approximate surface area is 184 Å². The van der Waals surface area contributed by atoms with Crippen LogP contribution in [0.1, 0.15) is 68.3 Å². The largest absolute Gasteiger partial charge is 0.416 e. The smallest absolute Gasteiger partial charge is 0.306 e. The minimum absolute atomic E-state index is 0.106. The standard InChI is InChI=1S/C25H26F3N3O/c1-13-6-19-21(20(13)31-24-10-14-7-15(11-24)9-16(8-14)12-24)29-22(30-23(19)32)17-2-4-18(5-3-17)25(26,27)28/h2-6,14-16,20,31H,7-12H2,1H3,(H,29,30,32). The fraction of sp³-hybridized carbons (Fsp3) is 0.520. The minimum atomic E-state index is -4.40. The van der Waals surface area contributed by atoms with E-state index in [1.165, 1.54) is 50.7 Å². The van der Waals surface area contributed by atoms with Crippen LogP contribution in [0.4, 0.5) is 13.2 Å². The fourth-order valence-electron chi connectivity index (χ4n) is 7.12. The van der Waals surface area contributed by atoms with Crippen molar-refractivity contribution in [2.75, 3.05) is 0 Å². The number of halogens is 3. The van der Waals surface area contributed by atoms with Gasteiger partial charge in [0.05, 0.1) is 22.9 Å².